The van der Waals surface area contributed by atoms with E-state index in [0.717, 1.165) is 19.4 Å². The highest BCUT2D eigenvalue weighted by Gasteiger charge is 2.39. The Balaban J connectivity index is 1.83. The molecule has 0 spiro atoms. The molecule has 0 aromatic heterocycles. The fourth-order valence-electron chi connectivity index (χ4n) is 3.31. The number of esters is 1. The lowest BCUT2D eigenvalue weighted by atomic mass is 9.96. The van der Waals surface area contributed by atoms with E-state index in [1.807, 2.05) is 0 Å². The molecule has 1 unspecified atom stereocenters. The monoisotopic (exact) mass is 387 g/mol. The molecule has 0 aliphatic carbocycles. The van der Waals surface area contributed by atoms with Crippen molar-refractivity contribution in [3.63, 3.8) is 0 Å². The summed E-state index contributed by atoms with van der Waals surface area (Å²) in [5.74, 6) is -0.680. The molecule has 2 aliphatic heterocycles. The van der Waals surface area contributed by atoms with Gasteiger partial charge in [-0.1, -0.05) is 0 Å². The van der Waals surface area contributed by atoms with Crippen LogP contribution in [0.1, 0.15) is 26.2 Å². The molecule has 2 heterocycles. The Morgan fingerprint density at radius 2 is 2.07 bits per heavy atom. The summed E-state index contributed by atoms with van der Waals surface area (Å²) in [6, 6.07) is 7.00. The molecule has 8 nitrogen and oxygen atoms in total. The Labute approximate surface area is 164 Å². The molecule has 0 bridgehead atoms. The third-order valence-corrected chi connectivity index (χ3v) is 4.87. The van der Waals surface area contributed by atoms with Gasteiger partial charge in [0.1, 0.15) is 11.7 Å². The van der Waals surface area contributed by atoms with E-state index in [0.29, 0.717) is 29.4 Å². The van der Waals surface area contributed by atoms with Gasteiger partial charge in [-0.15, -0.1) is 0 Å². The number of carbonyl (C=O) groups is 2. The van der Waals surface area contributed by atoms with Crippen LogP contribution in [-0.2, 0) is 19.1 Å². The Hall–Kier alpha value is -2.74. The average molecular weight is 387 g/mol. The number of rotatable bonds is 7. The first-order valence-corrected chi connectivity index (χ1v) is 9.28. The highest BCUT2D eigenvalue weighted by Crippen LogP contribution is 2.28. The SMILES string of the molecule is COC(=O)CC1=NN(c2ccc(OC)cc2)C(=O)C1C(C)=NC[C@H]1CCCO1. The average Bonchev–Trinajstić information content (AvgIpc) is 3.34. The molecule has 8 heteroatoms. The van der Waals surface area contributed by atoms with E-state index in [4.69, 9.17) is 14.2 Å². The predicted octanol–water partition coefficient (Wildman–Crippen LogP) is 2.22. The van der Waals surface area contributed by atoms with Crippen molar-refractivity contribution in [2.45, 2.75) is 32.3 Å². The van der Waals surface area contributed by atoms with Gasteiger partial charge in [0.25, 0.3) is 5.91 Å². The van der Waals surface area contributed by atoms with Gasteiger partial charge in [-0.05, 0) is 44.0 Å². The summed E-state index contributed by atoms with van der Waals surface area (Å²) in [4.78, 5) is 29.5. The predicted molar refractivity (Wildman–Crippen MR) is 105 cm³/mol. The number of aliphatic imine (C=N–C) groups is 1. The number of nitrogens with zero attached hydrogens (tertiary/aromatic N) is 3. The number of hydrazone groups is 1. The van der Waals surface area contributed by atoms with Crippen LogP contribution in [0, 0.1) is 5.92 Å². The van der Waals surface area contributed by atoms with Crippen LogP contribution in [-0.4, -0.2) is 56.8 Å². The summed E-state index contributed by atoms with van der Waals surface area (Å²) in [6.45, 7) is 3.05. The van der Waals surface area contributed by atoms with Gasteiger partial charge in [-0.2, -0.15) is 10.1 Å². The van der Waals surface area contributed by atoms with Crippen molar-refractivity contribution in [2.24, 2.45) is 16.0 Å². The number of ether oxygens (including phenoxy) is 3. The fraction of sp³-hybridized carbons (Fsp3) is 0.500. The van der Waals surface area contributed by atoms with Crippen LogP contribution in [0.2, 0.25) is 0 Å². The molecule has 150 valence electrons. The van der Waals surface area contributed by atoms with Crippen molar-refractivity contribution in [1.82, 2.24) is 0 Å². The van der Waals surface area contributed by atoms with E-state index in [9.17, 15) is 9.59 Å². The zero-order chi connectivity index (χ0) is 20.1. The lowest BCUT2D eigenvalue weighted by Crippen LogP contribution is -2.33. The molecule has 1 aromatic carbocycles. The van der Waals surface area contributed by atoms with Crippen LogP contribution >= 0.6 is 0 Å². The fourth-order valence-corrected chi connectivity index (χ4v) is 3.31. The number of methoxy groups -OCH3 is 2. The Bertz CT molecular complexity index is 782. The van der Waals surface area contributed by atoms with Gasteiger partial charge in [0, 0.05) is 12.3 Å². The summed E-state index contributed by atoms with van der Waals surface area (Å²) in [5.41, 5.74) is 1.66. The third-order valence-electron chi connectivity index (χ3n) is 4.87. The molecular weight excluding hydrogens is 362 g/mol. The quantitative estimate of drug-likeness (QED) is 0.529. The molecule has 0 N–H and O–H groups in total. The summed E-state index contributed by atoms with van der Waals surface area (Å²) in [7, 11) is 2.89. The van der Waals surface area contributed by atoms with E-state index in [-0.39, 0.29) is 18.4 Å². The van der Waals surface area contributed by atoms with E-state index in [2.05, 4.69) is 10.1 Å². The molecule has 28 heavy (non-hydrogen) atoms. The molecule has 2 aliphatic rings. The molecule has 0 saturated carbocycles. The normalized spacial score (nSPS) is 22.4. The van der Waals surface area contributed by atoms with Crippen molar-refractivity contribution < 1.29 is 23.8 Å². The zero-order valence-corrected chi connectivity index (χ0v) is 16.4. The maximum Gasteiger partial charge on any atom is 0.311 e. The largest absolute Gasteiger partial charge is 0.497 e. The number of anilines is 1. The molecule has 3 rings (SSSR count). The first-order chi connectivity index (χ1) is 13.5. The topological polar surface area (TPSA) is 89.8 Å². The minimum atomic E-state index is -0.678. The number of amides is 1. The minimum Gasteiger partial charge on any atom is -0.497 e. The number of benzene rings is 1. The van der Waals surface area contributed by atoms with Crippen LogP contribution in [0.4, 0.5) is 5.69 Å². The molecule has 1 amide bonds. The van der Waals surface area contributed by atoms with E-state index < -0.39 is 11.9 Å². The van der Waals surface area contributed by atoms with E-state index in [1.54, 1.807) is 38.3 Å². The third kappa shape index (κ3) is 4.39. The zero-order valence-electron chi connectivity index (χ0n) is 16.4. The number of hydrogen-bond donors (Lipinski definition) is 0. The maximum absolute atomic E-state index is 13.1. The number of carbonyl (C=O) groups excluding carboxylic acids is 2. The van der Waals surface area contributed by atoms with Crippen LogP contribution in [0.3, 0.4) is 0 Å². The van der Waals surface area contributed by atoms with Gasteiger partial charge in [0.05, 0.1) is 44.7 Å². The molecule has 1 saturated heterocycles. The lowest BCUT2D eigenvalue weighted by Gasteiger charge is -2.15. The van der Waals surface area contributed by atoms with Gasteiger partial charge >= 0.3 is 5.97 Å². The van der Waals surface area contributed by atoms with Crippen molar-refractivity contribution >= 4 is 29.0 Å². The molecule has 1 aromatic rings. The van der Waals surface area contributed by atoms with Crippen LogP contribution < -0.4 is 9.75 Å². The second kappa shape index (κ2) is 8.97. The molecule has 1 fully saturated rings. The molecular formula is C20H25N3O5. The van der Waals surface area contributed by atoms with Gasteiger partial charge in [-0.25, -0.2) is 0 Å². The Kier molecular flexibility index (Phi) is 6.41. The standard InChI is InChI=1S/C20H25N3O5/c1-13(21-12-16-5-4-10-28-16)19-17(11-18(24)27-3)22-23(20(19)25)14-6-8-15(26-2)9-7-14/h6-9,16,19H,4-5,10-12H2,1-3H3/t16-,19?/m1/s1. The van der Waals surface area contributed by atoms with Gasteiger partial charge in [0.2, 0.25) is 0 Å². The first-order valence-electron chi connectivity index (χ1n) is 9.28. The van der Waals surface area contributed by atoms with Gasteiger partial charge in [-0.3, -0.25) is 14.6 Å². The summed E-state index contributed by atoms with van der Waals surface area (Å²) in [6.07, 6.45) is 2.02. The summed E-state index contributed by atoms with van der Waals surface area (Å²) < 4.78 is 15.5. The lowest BCUT2D eigenvalue weighted by molar-refractivity contribution is -0.139. The van der Waals surface area contributed by atoms with Gasteiger partial charge in [0.15, 0.2) is 0 Å². The first kappa shape index (κ1) is 20.0. The highest BCUT2D eigenvalue weighted by atomic mass is 16.5. The second-order valence-corrected chi connectivity index (χ2v) is 6.74. The molecule has 2 atom stereocenters. The van der Waals surface area contributed by atoms with E-state index >= 15 is 0 Å². The van der Waals surface area contributed by atoms with Crippen molar-refractivity contribution in [3.8, 4) is 5.75 Å². The van der Waals surface area contributed by atoms with E-state index in [1.165, 1.54) is 12.1 Å². The summed E-state index contributed by atoms with van der Waals surface area (Å²) >= 11 is 0. The van der Waals surface area contributed by atoms with Crippen molar-refractivity contribution in [3.05, 3.63) is 24.3 Å². The highest BCUT2D eigenvalue weighted by molar-refractivity contribution is 6.30. The number of hydrogen-bond acceptors (Lipinski definition) is 7. The molecule has 0 radical (unpaired) electrons. The summed E-state index contributed by atoms with van der Waals surface area (Å²) in [5, 5.41) is 5.72. The van der Waals surface area contributed by atoms with Crippen LogP contribution in [0.25, 0.3) is 0 Å². The smallest absolute Gasteiger partial charge is 0.311 e. The Morgan fingerprint density at radius 1 is 1.32 bits per heavy atom. The van der Waals surface area contributed by atoms with Crippen molar-refractivity contribution in [2.75, 3.05) is 32.4 Å². The van der Waals surface area contributed by atoms with Gasteiger partial charge < -0.3 is 14.2 Å². The maximum atomic E-state index is 13.1. The Morgan fingerprint density at radius 3 is 2.68 bits per heavy atom. The van der Waals surface area contributed by atoms with Crippen molar-refractivity contribution in [1.29, 1.82) is 0 Å². The van der Waals surface area contributed by atoms with Crippen LogP contribution in [0.5, 0.6) is 5.75 Å². The van der Waals surface area contributed by atoms with Crippen LogP contribution in [0.15, 0.2) is 34.4 Å². The minimum absolute atomic E-state index is 0.0631. The second-order valence-electron chi connectivity index (χ2n) is 6.74.